The van der Waals surface area contributed by atoms with E-state index in [1.165, 1.54) is 0 Å². The highest BCUT2D eigenvalue weighted by Crippen LogP contribution is 2.28. The van der Waals surface area contributed by atoms with Gasteiger partial charge in [-0.2, -0.15) is 5.10 Å². The SMILES string of the molecule is O=C(c1cnn(-c2ccccc2)c1)N1CC[C@H](N2CCOCC2)[C@H](CCCO)C1. The van der Waals surface area contributed by atoms with Crippen molar-refractivity contribution in [2.45, 2.75) is 25.3 Å². The number of morpholine rings is 1. The van der Waals surface area contributed by atoms with E-state index in [0.717, 1.165) is 64.3 Å². The number of carbonyl (C=O) groups is 1. The largest absolute Gasteiger partial charge is 0.396 e. The van der Waals surface area contributed by atoms with Gasteiger partial charge in [0.1, 0.15) is 0 Å². The number of hydrogen-bond acceptors (Lipinski definition) is 5. The van der Waals surface area contributed by atoms with Crippen LogP contribution in [-0.2, 0) is 4.74 Å². The maximum absolute atomic E-state index is 13.1. The molecule has 2 fully saturated rings. The van der Waals surface area contributed by atoms with Crippen molar-refractivity contribution in [1.29, 1.82) is 0 Å². The molecule has 0 bridgehead atoms. The number of aromatic nitrogens is 2. The van der Waals surface area contributed by atoms with Crippen molar-refractivity contribution in [3.05, 3.63) is 48.3 Å². The Morgan fingerprint density at radius 2 is 1.97 bits per heavy atom. The van der Waals surface area contributed by atoms with Crippen LogP contribution < -0.4 is 0 Å². The van der Waals surface area contributed by atoms with Crippen molar-refractivity contribution < 1.29 is 14.6 Å². The quantitative estimate of drug-likeness (QED) is 0.804. The molecule has 0 radical (unpaired) electrons. The van der Waals surface area contributed by atoms with Crippen LogP contribution in [0.5, 0.6) is 0 Å². The number of aliphatic hydroxyl groups excluding tert-OH is 1. The van der Waals surface area contributed by atoms with Gasteiger partial charge in [0.25, 0.3) is 5.91 Å². The van der Waals surface area contributed by atoms with E-state index in [9.17, 15) is 9.90 Å². The molecule has 1 N–H and O–H groups in total. The predicted octanol–water partition coefficient (Wildman–Crippen LogP) is 1.81. The summed E-state index contributed by atoms with van der Waals surface area (Å²) in [7, 11) is 0. The molecule has 4 rings (SSSR count). The smallest absolute Gasteiger partial charge is 0.257 e. The molecule has 0 spiro atoms. The summed E-state index contributed by atoms with van der Waals surface area (Å²) in [6.07, 6.45) is 6.15. The van der Waals surface area contributed by atoms with Crippen LogP contribution in [0, 0.1) is 5.92 Å². The molecule has 1 amide bonds. The maximum atomic E-state index is 13.1. The highest BCUT2D eigenvalue weighted by atomic mass is 16.5. The fourth-order valence-electron chi connectivity index (χ4n) is 4.57. The summed E-state index contributed by atoms with van der Waals surface area (Å²) >= 11 is 0. The normalized spacial score (nSPS) is 23.3. The number of piperidine rings is 1. The zero-order chi connectivity index (χ0) is 20.1. The average molecular weight is 399 g/mol. The molecule has 2 atom stereocenters. The molecule has 1 aromatic heterocycles. The lowest BCUT2D eigenvalue weighted by atomic mass is 9.86. The molecular formula is C22H30N4O3. The number of ether oxygens (including phenoxy) is 1. The summed E-state index contributed by atoms with van der Waals surface area (Å²) in [6.45, 7) is 5.17. The number of benzene rings is 1. The minimum absolute atomic E-state index is 0.0432. The van der Waals surface area contributed by atoms with Crippen molar-refractivity contribution >= 4 is 5.91 Å². The molecule has 7 heteroatoms. The van der Waals surface area contributed by atoms with Gasteiger partial charge < -0.3 is 14.7 Å². The zero-order valence-electron chi connectivity index (χ0n) is 16.8. The molecule has 0 aliphatic carbocycles. The van der Waals surface area contributed by atoms with Crippen LogP contribution in [0.4, 0.5) is 0 Å². The first-order chi connectivity index (χ1) is 14.3. The van der Waals surface area contributed by atoms with Crippen LogP contribution in [-0.4, -0.2) is 82.6 Å². The van der Waals surface area contributed by atoms with Gasteiger partial charge in [-0.25, -0.2) is 4.68 Å². The molecule has 156 valence electrons. The maximum Gasteiger partial charge on any atom is 0.257 e. The fraction of sp³-hybridized carbons (Fsp3) is 0.545. The van der Waals surface area contributed by atoms with E-state index in [1.54, 1.807) is 10.9 Å². The van der Waals surface area contributed by atoms with Gasteiger partial charge in [0.05, 0.1) is 30.7 Å². The third-order valence-electron chi connectivity index (χ3n) is 6.08. The number of aliphatic hydroxyl groups is 1. The molecule has 3 heterocycles. The van der Waals surface area contributed by atoms with Gasteiger partial charge in [-0.1, -0.05) is 18.2 Å². The monoisotopic (exact) mass is 398 g/mol. The first kappa shape index (κ1) is 20.1. The van der Waals surface area contributed by atoms with Gasteiger partial charge in [-0.05, 0) is 37.3 Å². The van der Waals surface area contributed by atoms with Gasteiger partial charge in [0.15, 0.2) is 0 Å². The summed E-state index contributed by atoms with van der Waals surface area (Å²) in [6, 6.07) is 10.3. The second-order valence-corrected chi connectivity index (χ2v) is 7.89. The lowest BCUT2D eigenvalue weighted by Crippen LogP contribution is -2.55. The van der Waals surface area contributed by atoms with Crippen molar-refractivity contribution in [2.75, 3.05) is 46.0 Å². The lowest BCUT2D eigenvalue weighted by molar-refractivity contribution is -0.0196. The van der Waals surface area contributed by atoms with Gasteiger partial charge in [-0.3, -0.25) is 9.69 Å². The third-order valence-corrected chi connectivity index (χ3v) is 6.08. The predicted molar refractivity (Wildman–Crippen MR) is 110 cm³/mol. The number of nitrogens with zero attached hydrogens (tertiary/aromatic N) is 4. The number of para-hydroxylation sites is 1. The summed E-state index contributed by atoms with van der Waals surface area (Å²) in [5.74, 6) is 0.420. The first-order valence-corrected chi connectivity index (χ1v) is 10.6. The molecule has 2 saturated heterocycles. The Labute approximate surface area is 171 Å². The molecule has 2 aromatic rings. The molecule has 2 aliphatic rings. The number of rotatable bonds is 6. The Bertz CT molecular complexity index is 788. The van der Waals surface area contributed by atoms with Gasteiger partial charge in [0.2, 0.25) is 0 Å². The van der Waals surface area contributed by atoms with E-state index in [-0.39, 0.29) is 12.5 Å². The number of hydrogen-bond donors (Lipinski definition) is 1. The van der Waals surface area contributed by atoms with Crippen LogP contribution in [0.3, 0.4) is 0 Å². The number of carbonyl (C=O) groups excluding carboxylic acids is 1. The zero-order valence-corrected chi connectivity index (χ0v) is 16.8. The van der Waals surface area contributed by atoms with Crippen LogP contribution in [0.15, 0.2) is 42.7 Å². The van der Waals surface area contributed by atoms with Gasteiger partial charge >= 0.3 is 0 Å². The molecule has 1 aromatic carbocycles. The van der Waals surface area contributed by atoms with E-state index >= 15 is 0 Å². The van der Waals surface area contributed by atoms with E-state index < -0.39 is 0 Å². The van der Waals surface area contributed by atoms with Crippen molar-refractivity contribution in [1.82, 2.24) is 19.6 Å². The second kappa shape index (κ2) is 9.52. The fourth-order valence-corrected chi connectivity index (χ4v) is 4.57. The van der Waals surface area contributed by atoms with Crippen LogP contribution in [0.1, 0.15) is 29.6 Å². The van der Waals surface area contributed by atoms with Crippen molar-refractivity contribution in [2.24, 2.45) is 5.92 Å². The molecule has 0 unspecified atom stereocenters. The Balaban J connectivity index is 1.44. The molecular weight excluding hydrogens is 368 g/mol. The van der Waals surface area contributed by atoms with Crippen LogP contribution in [0.2, 0.25) is 0 Å². The van der Waals surface area contributed by atoms with E-state index in [0.29, 0.717) is 17.5 Å². The van der Waals surface area contributed by atoms with Gasteiger partial charge in [-0.15, -0.1) is 0 Å². The topological polar surface area (TPSA) is 70.8 Å². The summed E-state index contributed by atoms with van der Waals surface area (Å²) in [4.78, 5) is 17.6. The molecule has 7 nitrogen and oxygen atoms in total. The lowest BCUT2D eigenvalue weighted by Gasteiger charge is -2.45. The Morgan fingerprint density at radius 1 is 1.17 bits per heavy atom. The summed E-state index contributed by atoms with van der Waals surface area (Å²) < 4.78 is 7.25. The standard InChI is InChI=1S/C22H30N4O3/c27-12-4-5-18-16-25(9-8-21(18)24-10-13-29-14-11-24)22(28)19-15-23-26(17-19)20-6-2-1-3-7-20/h1-3,6-7,15,17-18,21,27H,4-5,8-14,16H2/t18-,21+/m1/s1. The molecule has 2 aliphatic heterocycles. The highest BCUT2D eigenvalue weighted by Gasteiger charge is 2.35. The minimum atomic E-state index is 0.0432. The van der Waals surface area contributed by atoms with E-state index in [4.69, 9.17) is 4.74 Å². The Kier molecular flexibility index (Phi) is 6.59. The van der Waals surface area contributed by atoms with Crippen molar-refractivity contribution in [3.8, 4) is 5.69 Å². The van der Waals surface area contributed by atoms with Gasteiger partial charge in [0, 0.05) is 45.0 Å². The van der Waals surface area contributed by atoms with E-state index in [2.05, 4.69) is 10.00 Å². The Morgan fingerprint density at radius 3 is 2.72 bits per heavy atom. The van der Waals surface area contributed by atoms with Crippen LogP contribution >= 0.6 is 0 Å². The second-order valence-electron chi connectivity index (χ2n) is 7.89. The number of amides is 1. The molecule has 29 heavy (non-hydrogen) atoms. The minimum Gasteiger partial charge on any atom is -0.396 e. The highest BCUT2D eigenvalue weighted by molar-refractivity contribution is 5.93. The Hall–Kier alpha value is -2.22. The summed E-state index contributed by atoms with van der Waals surface area (Å²) in [5, 5.41) is 13.7. The molecule has 0 saturated carbocycles. The summed E-state index contributed by atoms with van der Waals surface area (Å²) in [5.41, 5.74) is 1.57. The third kappa shape index (κ3) is 4.69. The first-order valence-electron chi connectivity index (χ1n) is 10.6. The average Bonchev–Trinajstić information content (AvgIpc) is 3.28. The van der Waals surface area contributed by atoms with Crippen LogP contribution in [0.25, 0.3) is 5.69 Å². The number of likely N-dealkylation sites (tertiary alicyclic amines) is 1. The van der Waals surface area contributed by atoms with Crippen molar-refractivity contribution in [3.63, 3.8) is 0 Å². The van der Waals surface area contributed by atoms with E-state index in [1.807, 2.05) is 41.4 Å².